The van der Waals surface area contributed by atoms with Crippen LogP contribution in [0.5, 0.6) is 0 Å². The number of rotatable bonds is 26. The normalized spacial score (nSPS) is 16.2. The molecule has 0 aromatic heterocycles. The molecule has 1 heterocycles. The standard InChI is InChI=1S/C37H61ClN6O4/c1-2-3-4-5-6-7-8-9-10-11-12-16-21-29(45)27-30(38)34(46)32(22-17-24-42-37(40)41)43-35(47)33-23-18-25-44(33)36(48)31(39)26-28-19-14-13-15-20-28/h13-15,19-20,30-33H,2-12,16-18,21-27,39H2,1H3,(H,43,47)(H4,40,41,42)/t30?,31-,32+,33+/m1/s1. The van der Waals surface area contributed by atoms with Crippen LogP contribution in [0.3, 0.4) is 0 Å². The number of carbonyl (C=O) groups excluding carboxylic acids is 4. The summed E-state index contributed by atoms with van der Waals surface area (Å²) in [6.45, 7) is 2.98. The van der Waals surface area contributed by atoms with Gasteiger partial charge in [-0.25, -0.2) is 0 Å². The summed E-state index contributed by atoms with van der Waals surface area (Å²) in [6.07, 6.45) is 17.0. The van der Waals surface area contributed by atoms with Crippen LogP contribution >= 0.6 is 11.6 Å². The highest BCUT2D eigenvalue weighted by Crippen LogP contribution is 2.21. The maximum Gasteiger partial charge on any atom is 0.243 e. The average molecular weight is 689 g/mol. The first-order chi connectivity index (χ1) is 23.1. The van der Waals surface area contributed by atoms with Crippen LogP contribution in [0.15, 0.2) is 30.3 Å². The predicted octanol–water partition coefficient (Wildman–Crippen LogP) is 5.52. The molecule has 1 saturated heterocycles. The van der Waals surface area contributed by atoms with Gasteiger partial charge in [-0.3, -0.25) is 24.6 Å². The van der Waals surface area contributed by atoms with E-state index in [-0.39, 0.29) is 30.5 Å². The minimum Gasteiger partial charge on any atom is -0.370 e. The molecule has 270 valence electrons. The summed E-state index contributed by atoms with van der Waals surface area (Å²) in [7, 11) is 0. The van der Waals surface area contributed by atoms with Crippen LogP contribution in [0.1, 0.15) is 128 Å². The third-order valence-corrected chi connectivity index (χ3v) is 9.49. The summed E-state index contributed by atoms with van der Waals surface area (Å²) in [5.41, 5.74) is 12.6. The number of likely N-dealkylation sites (tertiary alicyclic amines) is 1. The second-order valence-corrected chi connectivity index (χ2v) is 13.8. The second-order valence-electron chi connectivity index (χ2n) is 13.3. The van der Waals surface area contributed by atoms with Gasteiger partial charge in [-0.15, -0.1) is 11.6 Å². The van der Waals surface area contributed by atoms with Crippen molar-refractivity contribution in [1.82, 2.24) is 15.5 Å². The van der Waals surface area contributed by atoms with Crippen LogP contribution in [-0.4, -0.2) is 70.8 Å². The van der Waals surface area contributed by atoms with Crippen molar-refractivity contribution in [2.45, 2.75) is 152 Å². The molecule has 1 unspecified atom stereocenters. The summed E-state index contributed by atoms with van der Waals surface area (Å²) >= 11 is 6.50. The lowest BCUT2D eigenvalue weighted by molar-refractivity contribution is -0.140. The van der Waals surface area contributed by atoms with Crippen molar-refractivity contribution < 1.29 is 19.2 Å². The number of Topliss-reactive ketones (excluding diaryl/α,β-unsaturated/α-hetero) is 2. The predicted molar refractivity (Wildman–Crippen MR) is 194 cm³/mol. The molecule has 11 heteroatoms. The molecular weight excluding hydrogens is 628 g/mol. The third kappa shape index (κ3) is 16.4. The fourth-order valence-corrected chi connectivity index (χ4v) is 6.66. The van der Waals surface area contributed by atoms with Gasteiger partial charge >= 0.3 is 0 Å². The van der Waals surface area contributed by atoms with E-state index in [9.17, 15) is 19.2 Å². The molecule has 4 atom stereocenters. The number of hydrogen-bond donors (Lipinski definition) is 5. The molecule has 0 saturated carbocycles. The molecule has 7 N–H and O–H groups in total. The highest BCUT2D eigenvalue weighted by atomic mass is 35.5. The minimum atomic E-state index is -1.07. The number of carbonyl (C=O) groups is 4. The Morgan fingerprint density at radius 3 is 2.15 bits per heavy atom. The van der Waals surface area contributed by atoms with Crippen molar-refractivity contribution in [1.29, 1.82) is 5.41 Å². The zero-order chi connectivity index (χ0) is 35.1. The van der Waals surface area contributed by atoms with E-state index >= 15 is 0 Å². The van der Waals surface area contributed by atoms with Crippen LogP contribution in [0.2, 0.25) is 0 Å². The molecule has 1 aromatic rings. The number of nitrogens with one attached hydrogen (secondary N) is 3. The van der Waals surface area contributed by atoms with Crippen molar-refractivity contribution in [2.24, 2.45) is 11.5 Å². The van der Waals surface area contributed by atoms with Gasteiger partial charge in [-0.1, -0.05) is 108 Å². The summed E-state index contributed by atoms with van der Waals surface area (Å²) in [4.78, 5) is 54.5. The lowest BCUT2D eigenvalue weighted by Crippen LogP contribution is -2.55. The largest absolute Gasteiger partial charge is 0.370 e. The van der Waals surface area contributed by atoms with E-state index in [1.165, 1.54) is 62.7 Å². The van der Waals surface area contributed by atoms with Gasteiger partial charge in [-0.2, -0.15) is 0 Å². The molecular formula is C37H61ClN6O4. The molecule has 0 aliphatic carbocycles. The van der Waals surface area contributed by atoms with Gasteiger partial charge in [0.25, 0.3) is 0 Å². The van der Waals surface area contributed by atoms with E-state index in [1.54, 1.807) is 0 Å². The van der Waals surface area contributed by atoms with Crippen molar-refractivity contribution in [3.63, 3.8) is 0 Å². The van der Waals surface area contributed by atoms with Gasteiger partial charge in [0, 0.05) is 25.9 Å². The first kappa shape index (κ1) is 41.2. The topological polar surface area (TPSA) is 171 Å². The zero-order valence-corrected chi connectivity index (χ0v) is 29.9. The van der Waals surface area contributed by atoms with Gasteiger partial charge in [0.2, 0.25) is 11.8 Å². The number of guanidine groups is 1. The average Bonchev–Trinajstić information content (AvgIpc) is 3.56. The van der Waals surface area contributed by atoms with E-state index < -0.39 is 35.2 Å². The molecule has 0 radical (unpaired) electrons. The van der Waals surface area contributed by atoms with Gasteiger partial charge in [0.15, 0.2) is 11.7 Å². The smallest absolute Gasteiger partial charge is 0.243 e. The van der Waals surface area contributed by atoms with Crippen LogP contribution in [0.25, 0.3) is 0 Å². The van der Waals surface area contributed by atoms with E-state index in [4.69, 9.17) is 28.5 Å². The van der Waals surface area contributed by atoms with Crippen molar-refractivity contribution in [3.05, 3.63) is 35.9 Å². The highest BCUT2D eigenvalue weighted by Gasteiger charge is 2.38. The first-order valence-corrected chi connectivity index (χ1v) is 18.7. The Bertz CT molecular complexity index is 1120. The molecule has 10 nitrogen and oxygen atoms in total. The molecule has 1 aromatic carbocycles. The lowest BCUT2D eigenvalue weighted by atomic mass is 9.98. The van der Waals surface area contributed by atoms with Crippen molar-refractivity contribution in [2.75, 3.05) is 13.1 Å². The summed E-state index contributed by atoms with van der Waals surface area (Å²) in [5.74, 6) is -1.40. The van der Waals surface area contributed by atoms with Crippen molar-refractivity contribution in [3.8, 4) is 0 Å². The molecule has 0 spiro atoms. The molecule has 2 amide bonds. The Kier molecular flexibility index (Phi) is 20.8. The van der Waals surface area contributed by atoms with Crippen LogP contribution in [-0.2, 0) is 25.6 Å². The Labute approximate surface area is 293 Å². The summed E-state index contributed by atoms with van der Waals surface area (Å²) < 4.78 is 0. The fraction of sp³-hybridized carbons (Fsp3) is 0.703. The number of hydrogen-bond acceptors (Lipinski definition) is 6. The third-order valence-electron chi connectivity index (χ3n) is 9.12. The molecule has 1 aliphatic heterocycles. The number of alkyl halides is 1. The maximum atomic E-state index is 13.5. The maximum absolute atomic E-state index is 13.5. The van der Waals surface area contributed by atoms with E-state index in [0.717, 1.165) is 24.8 Å². The van der Waals surface area contributed by atoms with E-state index in [1.807, 2.05) is 30.3 Å². The van der Waals surface area contributed by atoms with E-state index in [2.05, 4.69) is 17.6 Å². The van der Waals surface area contributed by atoms with Gasteiger partial charge < -0.3 is 27.0 Å². The minimum absolute atomic E-state index is 0.0567. The molecule has 1 aliphatic rings. The number of unbranched alkanes of at least 4 members (excludes halogenated alkanes) is 11. The quantitative estimate of drug-likeness (QED) is 0.0369. The van der Waals surface area contributed by atoms with E-state index in [0.29, 0.717) is 45.2 Å². The number of nitrogens with two attached hydrogens (primary N) is 2. The number of amides is 2. The van der Waals surface area contributed by atoms with Gasteiger partial charge in [0.1, 0.15) is 17.2 Å². The fourth-order valence-electron chi connectivity index (χ4n) is 6.34. The van der Waals surface area contributed by atoms with Crippen molar-refractivity contribution >= 4 is 40.9 Å². The summed E-state index contributed by atoms with van der Waals surface area (Å²) in [5, 5.41) is 11.8. The zero-order valence-electron chi connectivity index (χ0n) is 29.2. The molecule has 2 rings (SSSR count). The van der Waals surface area contributed by atoms with Crippen LogP contribution < -0.4 is 22.1 Å². The number of nitrogens with zero attached hydrogens (tertiary/aromatic N) is 1. The Morgan fingerprint density at radius 1 is 0.938 bits per heavy atom. The Balaban J connectivity index is 1.84. The lowest BCUT2D eigenvalue weighted by Gasteiger charge is -2.29. The molecule has 1 fully saturated rings. The number of halogens is 1. The Hall–Kier alpha value is -2.98. The number of benzene rings is 1. The molecule has 48 heavy (non-hydrogen) atoms. The number of ketones is 2. The molecule has 0 bridgehead atoms. The monoisotopic (exact) mass is 688 g/mol. The van der Waals surface area contributed by atoms with Crippen LogP contribution in [0, 0.1) is 5.41 Å². The van der Waals surface area contributed by atoms with Gasteiger partial charge in [0.05, 0.1) is 12.1 Å². The Morgan fingerprint density at radius 2 is 1.54 bits per heavy atom. The highest BCUT2D eigenvalue weighted by molar-refractivity contribution is 6.33. The summed E-state index contributed by atoms with van der Waals surface area (Å²) in [6, 6.07) is 7.01. The SMILES string of the molecule is CCCCCCCCCCCCCCC(=O)CC(Cl)C(=O)[C@H](CCCNC(=N)N)NC(=O)[C@@H]1CCCN1C(=O)[C@H](N)Cc1ccccc1. The van der Waals surface area contributed by atoms with Crippen LogP contribution in [0.4, 0.5) is 0 Å². The first-order valence-electron chi connectivity index (χ1n) is 18.3. The van der Waals surface area contributed by atoms with Gasteiger partial charge in [-0.05, 0) is 44.1 Å². The second kappa shape index (κ2) is 24.2.